The number of rotatable bonds is 3. The predicted molar refractivity (Wildman–Crippen MR) is 69.1 cm³/mol. The van der Waals surface area contributed by atoms with Gasteiger partial charge in [0.15, 0.2) is 0 Å². The Morgan fingerprint density at radius 3 is 2.50 bits per heavy atom. The summed E-state index contributed by atoms with van der Waals surface area (Å²) in [5, 5.41) is 0. The quantitative estimate of drug-likeness (QED) is 0.800. The molecule has 0 atom stereocenters. The van der Waals surface area contributed by atoms with E-state index >= 15 is 0 Å². The van der Waals surface area contributed by atoms with Gasteiger partial charge >= 0.3 is 0 Å². The molecule has 1 aromatic heterocycles. The monoisotopic (exact) mass is 236 g/mol. The summed E-state index contributed by atoms with van der Waals surface area (Å²) in [6.45, 7) is 5.17. The molecule has 86 valence electrons. The summed E-state index contributed by atoms with van der Waals surface area (Å²) in [5.74, 6) is 1.16. The van der Waals surface area contributed by atoms with Crippen LogP contribution in [-0.4, -0.2) is 9.55 Å². The Bertz CT molecular complexity index is 434. The van der Waals surface area contributed by atoms with Crippen molar-refractivity contribution < 1.29 is 0 Å². The molecule has 0 aliphatic rings. The lowest BCUT2D eigenvalue weighted by Gasteiger charge is -2.08. The molecule has 2 rings (SSSR count). The fourth-order valence-electron chi connectivity index (χ4n) is 1.77. The van der Waals surface area contributed by atoms with Crippen LogP contribution >= 0.6 is 12.4 Å². The van der Waals surface area contributed by atoms with Gasteiger partial charge in [0.25, 0.3) is 0 Å². The average Bonchev–Trinajstić information content (AvgIpc) is 2.62. The molecule has 0 aliphatic carbocycles. The van der Waals surface area contributed by atoms with Crippen LogP contribution in [0.2, 0.25) is 0 Å². The van der Waals surface area contributed by atoms with Gasteiger partial charge in [-0.3, -0.25) is 0 Å². The first kappa shape index (κ1) is 12.8. The summed E-state index contributed by atoms with van der Waals surface area (Å²) in [6, 6.07) is 10.5. The number of aromatic nitrogens is 2. The summed E-state index contributed by atoms with van der Waals surface area (Å²) in [6.07, 6.45) is 2.93. The molecule has 3 heteroatoms. The molecule has 0 radical (unpaired) electrons. The highest BCUT2D eigenvalue weighted by molar-refractivity contribution is 5.85. The van der Waals surface area contributed by atoms with Crippen LogP contribution in [0.15, 0.2) is 36.5 Å². The first-order valence-electron chi connectivity index (χ1n) is 5.36. The zero-order valence-corrected chi connectivity index (χ0v) is 10.5. The number of halogens is 1. The summed E-state index contributed by atoms with van der Waals surface area (Å²) >= 11 is 0. The van der Waals surface area contributed by atoms with Crippen LogP contribution in [0.1, 0.15) is 24.0 Å². The third-order valence-corrected chi connectivity index (χ3v) is 2.64. The molecule has 2 nitrogen and oxygen atoms in total. The Labute approximate surface area is 103 Å². The largest absolute Gasteiger partial charge is 0.328 e. The average molecular weight is 237 g/mol. The molecule has 0 aliphatic heterocycles. The van der Waals surface area contributed by atoms with Crippen molar-refractivity contribution in [3.05, 3.63) is 53.6 Å². The van der Waals surface area contributed by atoms with E-state index in [-0.39, 0.29) is 12.4 Å². The second-order valence-corrected chi connectivity index (χ2v) is 3.74. The van der Waals surface area contributed by atoms with Crippen LogP contribution in [-0.2, 0) is 13.0 Å². The summed E-state index contributed by atoms with van der Waals surface area (Å²) in [5.41, 5.74) is 2.56. The van der Waals surface area contributed by atoms with E-state index in [9.17, 15) is 0 Å². The van der Waals surface area contributed by atoms with Crippen molar-refractivity contribution in [1.29, 1.82) is 0 Å². The third-order valence-electron chi connectivity index (χ3n) is 2.64. The SMILES string of the molecule is CCc1ncc(C)n1Cc1ccccc1.Cl. The number of imidazole rings is 1. The van der Waals surface area contributed by atoms with Crippen LogP contribution in [0.3, 0.4) is 0 Å². The van der Waals surface area contributed by atoms with Crippen molar-refractivity contribution in [2.75, 3.05) is 0 Å². The normalized spacial score (nSPS) is 9.88. The molecule has 0 N–H and O–H groups in total. The van der Waals surface area contributed by atoms with Crippen LogP contribution in [0, 0.1) is 6.92 Å². The van der Waals surface area contributed by atoms with Gasteiger partial charge in [-0.2, -0.15) is 0 Å². The van der Waals surface area contributed by atoms with E-state index in [0.29, 0.717) is 0 Å². The maximum Gasteiger partial charge on any atom is 0.108 e. The Morgan fingerprint density at radius 1 is 1.19 bits per heavy atom. The fourth-order valence-corrected chi connectivity index (χ4v) is 1.77. The molecule has 1 aromatic carbocycles. The van der Waals surface area contributed by atoms with Gasteiger partial charge in [-0.15, -0.1) is 12.4 Å². The molecule has 2 aromatic rings. The van der Waals surface area contributed by atoms with Gasteiger partial charge in [0.2, 0.25) is 0 Å². The number of benzene rings is 1. The first-order chi connectivity index (χ1) is 7.31. The molecule has 0 unspecified atom stereocenters. The van der Waals surface area contributed by atoms with Gasteiger partial charge in [-0.25, -0.2) is 4.98 Å². The van der Waals surface area contributed by atoms with Crippen molar-refractivity contribution >= 4 is 12.4 Å². The molecule has 1 heterocycles. The predicted octanol–water partition coefficient (Wildman–Crippen LogP) is 3.22. The maximum atomic E-state index is 4.39. The molecular formula is C13H17ClN2. The lowest BCUT2D eigenvalue weighted by Crippen LogP contribution is -2.05. The van der Waals surface area contributed by atoms with E-state index in [1.54, 1.807) is 0 Å². The zero-order chi connectivity index (χ0) is 10.7. The van der Waals surface area contributed by atoms with E-state index in [1.807, 2.05) is 12.3 Å². The molecule has 0 bridgehead atoms. The van der Waals surface area contributed by atoms with Crippen LogP contribution < -0.4 is 0 Å². The maximum absolute atomic E-state index is 4.39. The Hall–Kier alpha value is -1.28. The van der Waals surface area contributed by atoms with Crippen LogP contribution in [0.4, 0.5) is 0 Å². The van der Waals surface area contributed by atoms with Crippen molar-refractivity contribution in [2.24, 2.45) is 0 Å². The highest BCUT2D eigenvalue weighted by Gasteiger charge is 2.04. The van der Waals surface area contributed by atoms with Gasteiger partial charge in [0, 0.05) is 24.9 Å². The minimum atomic E-state index is 0. The molecule has 0 saturated carbocycles. The van der Waals surface area contributed by atoms with Gasteiger partial charge in [-0.05, 0) is 12.5 Å². The number of aryl methyl sites for hydroxylation is 2. The van der Waals surface area contributed by atoms with Crippen molar-refractivity contribution in [1.82, 2.24) is 9.55 Å². The van der Waals surface area contributed by atoms with Crippen LogP contribution in [0.25, 0.3) is 0 Å². The standard InChI is InChI=1S/C13H16N2.ClH/c1-3-13-14-9-11(2)15(13)10-12-7-5-4-6-8-12;/h4-9H,3,10H2,1-2H3;1H. The molecular weight excluding hydrogens is 220 g/mol. The fraction of sp³-hybridized carbons (Fsp3) is 0.308. The second-order valence-electron chi connectivity index (χ2n) is 3.74. The molecule has 0 amide bonds. The van der Waals surface area contributed by atoms with E-state index in [1.165, 1.54) is 11.3 Å². The minimum Gasteiger partial charge on any atom is -0.328 e. The van der Waals surface area contributed by atoms with E-state index in [0.717, 1.165) is 18.8 Å². The third kappa shape index (κ3) is 2.64. The van der Waals surface area contributed by atoms with E-state index in [4.69, 9.17) is 0 Å². The summed E-state index contributed by atoms with van der Waals surface area (Å²) in [4.78, 5) is 4.39. The van der Waals surface area contributed by atoms with Gasteiger partial charge in [0.05, 0.1) is 0 Å². The number of nitrogens with zero attached hydrogens (tertiary/aromatic N) is 2. The molecule has 0 saturated heterocycles. The second kappa shape index (κ2) is 5.71. The highest BCUT2D eigenvalue weighted by Crippen LogP contribution is 2.09. The molecule has 0 spiro atoms. The lowest BCUT2D eigenvalue weighted by atomic mass is 10.2. The smallest absolute Gasteiger partial charge is 0.108 e. The first-order valence-corrected chi connectivity index (χ1v) is 5.36. The summed E-state index contributed by atoms with van der Waals surface area (Å²) in [7, 11) is 0. The lowest BCUT2D eigenvalue weighted by molar-refractivity contribution is 0.712. The minimum absolute atomic E-state index is 0. The van der Waals surface area contributed by atoms with E-state index < -0.39 is 0 Å². The topological polar surface area (TPSA) is 17.8 Å². The molecule has 0 fully saturated rings. The van der Waals surface area contributed by atoms with Gasteiger partial charge in [0.1, 0.15) is 5.82 Å². The van der Waals surface area contributed by atoms with Crippen molar-refractivity contribution in [3.8, 4) is 0 Å². The van der Waals surface area contributed by atoms with Crippen molar-refractivity contribution in [2.45, 2.75) is 26.8 Å². The van der Waals surface area contributed by atoms with Crippen LogP contribution in [0.5, 0.6) is 0 Å². The Balaban J connectivity index is 0.00000128. The van der Waals surface area contributed by atoms with E-state index in [2.05, 4.69) is 47.7 Å². The van der Waals surface area contributed by atoms with Gasteiger partial charge in [-0.1, -0.05) is 37.3 Å². The Morgan fingerprint density at radius 2 is 1.88 bits per heavy atom. The highest BCUT2D eigenvalue weighted by atomic mass is 35.5. The zero-order valence-electron chi connectivity index (χ0n) is 9.68. The summed E-state index contributed by atoms with van der Waals surface area (Å²) < 4.78 is 2.27. The molecule has 16 heavy (non-hydrogen) atoms. The Kier molecular flexibility index (Phi) is 4.56. The van der Waals surface area contributed by atoms with Crippen molar-refractivity contribution in [3.63, 3.8) is 0 Å². The van der Waals surface area contributed by atoms with Gasteiger partial charge < -0.3 is 4.57 Å². The number of hydrogen-bond donors (Lipinski definition) is 0. The number of hydrogen-bond acceptors (Lipinski definition) is 1.